The minimum Gasteiger partial charge on any atom is -0.459 e. The van der Waals surface area contributed by atoms with E-state index in [2.05, 4.69) is 39.6 Å². The number of carbonyl (C=O) groups is 4. The molecule has 0 spiro atoms. The summed E-state index contributed by atoms with van der Waals surface area (Å²) in [5.41, 5.74) is 2.97. The Balaban J connectivity index is 1.23. The van der Waals surface area contributed by atoms with Crippen LogP contribution in [0.1, 0.15) is 91.2 Å². The van der Waals surface area contributed by atoms with E-state index in [1.54, 1.807) is 20.8 Å². The molecule has 3 aliphatic rings. The van der Waals surface area contributed by atoms with Crippen molar-refractivity contribution >= 4 is 56.4 Å². The zero-order valence-electron chi connectivity index (χ0n) is 37.1. The maximum Gasteiger partial charge on any atom is 0.408 e. The van der Waals surface area contributed by atoms with E-state index in [1.807, 2.05) is 61.1 Å². The van der Waals surface area contributed by atoms with Gasteiger partial charge in [-0.15, -0.1) is 11.3 Å². The Kier molecular flexibility index (Phi) is 13.1. The second-order valence-corrected chi connectivity index (χ2v) is 20.9. The first-order chi connectivity index (χ1) is 29.8. The second kappa shape index (κ2) is 18.0. The van der Waals surface area contributed by atoms with E-state index >= 15 is 0 Å². The quantitative estimate of drug-likeness (QED) is 0.161. The summed E-state index contributed by atoms with van der Waals surface area (Å²) in [7, 11) is -1.59. The van der Waals surface area contributed by atoms with Crippen LogP contribution in [0, 0.1) is 12.8 Å². The first-order valence-corrected chi connectivity index (χ1v) is 23.8. The molecule has 2 aromatic carbocycles. The van der Waals surface area contributed by atoms with E-state index in [0.717, 1.165) is 50.1 Å². The fraction of sp³-hybridized carbons (Fsp3) is 0.511. The van der Waals surface area contributed by atoms with E-state index in [1.165, 1.54) is 30.3 Å². The standard InChI is InChI=1S/C45H58N8O8S2/c1-27(2)53-35-18-14-16-32(39-46-34(26-62-39)29-21-19-28(3)20-22-29)37(35)48-42(53)60-31-23-36-38(54)49-45(41(56)50-63(58,59)51(7)8)24-30(45)15-12-10-9-11-13-17-33(40(55)52(36)25-31)47-43(57)61-44(4,5)6/h12,14-16,18-22,26-27,30-31,33,36H,9-11,13,17,23-25H2,1-8H3,(H,47,57)(H,49,54)(H,50,56)/b15-12-/t30-,31+,33-,36-,45+/m0/s1. The van der Waals surface area contributed by atoms with Crippen LogP contribution in [-0.4, -0.2) is 106 Å². The number of hydrogen-bond acceptors (Lipinski definition) is 11. The Morgan fingerprint density at radius 2 is 1.79 bits per heavy atom. The zero-order valence-corrected chi connectivity index (χ0v) is 38.8. The molecule has 2 aliphatic heterocycles. The molecule has 1 saturated heterocycles. The smallest absolute Gasteiger partial charge is 0.408 e. The van der Waals surface area contributed by atoms with Crippen molar-refractivity contribution in [2.45, 2.75) is 122 Å². The number of amides is 4. The summed E-state index contributed by atoms with van der Waals surface area (Å²) >= 11 is 1.52. The number of ether oxygens (including phenoxy) is 2. The molecule has 1 saturated carbocycles. The summed E-state index contributed by atoms with van der Waals surface area (Å²) in [6, 6.07) is 12.1. The van der Waals surface area contributed by atoms with Crippen LogP contribution in [0.15, 0.2) is 60.0 Å². The molecule has 63 heavy (non-hydrogen) atoms. The van der Waals surface area contributed by atoms with Gasteiger partial charge in [-0.3, -0.25) is 19.0 Å². The summed E-state index contributed by atoms with van der Waals surface area (Å²) in [6.07, 6.45) is 5.55. The van der Waals surface area contributed by atoms with Crippen LogP contribution < -0.4 is 20.1 Å². The molecule has 4 amide bonds. The van der Waals surface area contributed by atoms with E-state index in [0.29, 0.717) is 30.8 Å². The molecular formula is C45H58N8O8S2. The van der Waals surface area contributed by atoms with Gasteiger partial charge in [-0.2, -0.15) is 17.7 Å². The number of aromatic nitrogens is 3. The summed E-state index contributed by atoms with van der Waals surface area (Å²) < 4.78 is 42.9. The molecule has 0 bridgehead atoms. The molecule has 7 rings (SSSR count). The zero-order chi connectivity index (χ0) is 45.4. The van der Waals surface area contributed by atoms with Gasteiger partial charge < -0.3 is 25.0 Å². The van der Waals surface area contributed by atoms with Crippen molar-refractivity contribution in [2.24, 2.45) is 5.92 Å². The number of carbonyl (C=O) groups excluding carboxylic acids is 4. The normalized spacial score (nSPS) is 23.9. The highest BCUT2D eigenvalue weighted by molar-refractivity contribution is 7.87. The molecule has 0 unspecified atom stereocenters. The lowest BCUT2D eigenvalue weighted by Gasteiger charge is -2.30. The average molecular weight is 903 g/mol. The van der Waals surface area contributed by atoms with Gasteiger partial charge in [0.15, 0.2) is 0 Å². The van der Waals surface area contributed by atoms with E-state index in [4.69, 9.17) is 19.4 Å². The fourth-order valence-corrected chi connectivity index (χ4v) is 9.62. The monoisotopic (exact) mass is 902 g/mol. The van der Waals surface area contributed by atoms with Crippen molar-refractivity contribution in [3.8, 4) is 27.8 Å². The first kappa shape index (κ1) is 45.7. The Bertz CT molecular complexity index is 2510. The van der Waals surface area contributed by atoms with Crippen molar-refractivity contribution in [2.75, 3.05) is 20.6 Å². The molecule has 2 aromatic heterocycles. The third kappa shape index (κ3) is 10.1. The molecule has 16 nitrogen and oxygen atoms in total. The van der Waals surface area contributed by atoms with Crippen LogP contribution in [0.3, 0.4) is 0 Å². The van der Waals surface area contributed by atoms with Gasteiger partial charge in [0, 0.05) is 49.0 Å². The molecule has 2 fully saturated rings. The van der Waals surface area contributed by atoms with Crippen molar-refractivity contribution in [1.29, 1.82) is 0 Å². The molecule has 0 radical (unpaired) electrons. The number of alkyl carbamates (subject to hydrolysis) is 1. The largest absolute Gasteiger partial charge is 0.459 e. The summed E-state index contributed by atoms with van der Waals surface area (Å²) in [6.45, 7) is 11.2. The SMILES string of the molecule is Cc1ccc(-c2csc(-c3cccc4c3nc(O[C@@H]3C[C@H]5C(=O)N[C@]6(C(=O)NS(=O)(=O)N(C)C)C[C@@H]6/C=C\CCCCC[C@H](NC(=O)OC(C)(C)C)C(=O)N5C3)n4C(C)C)n2)cc1. The van der Waals surface area contributed by atoms with Crippen LogP contribution in [0.5, 0.6) is 6.01 Å². The van der Waals surface area contributed by atoms with E-state index in [9.17, 15) is 27.6 Å². The predicted octanol–water partition coefficient (Wildman–Crippen LogP) is 6.28. The van der Waals surface area contributed by atoms with Gasteiger partial charge in [0.1, 0.15) is 39.9 Å². The van der Waals surface area contributed by atoms with E-state index in [-0.39, 0.29) is 25.4 Å². The van der Waals surface area contributed by atoms with Gasteiger partial charge in [-0.05, 0) is 79.4 Å². The number of rotatable bonds is 9. The van der Waals surface area contributed by atoms with Gasteiger partial charge >= 0.3 is 16.3 Å². The average Bonchev–Trinajstić information content (AvgIpc) is 3.55. The second-order valence-electron chi connectivity index (χ2n) is 18.2. The number of nitrogens with one attached hydrogen (secondary N) is 3. The van der Waals surface area contributed by atoms with Crippen LogP contribution in [-0.2, 0) is 29.3 Å². The number of benzene rings is 2. The number of imidazole rings is 1. The Labute approximate surface area is 373 Å². The van der Waals surface area contributed by atoms with Crippen molar-refractivity contribution < 1.29 is 37.1 Å². The summed E-state index contributed by atoms with van der Waals surface area (Å²) in [4.78, 5) is 67.8. The molecule has 4 aromatic rings. The molecule has 1 aliphatic carbocycles. The Hall–Kier alpha value is -5.33. The third-order valence-electron chi connectivity index (χ3n) is 11.6. The van der Waals surface area contributed by atoms with Crippen molar-refractivity contribution in [3.63, 3.8) is 0 Å². The van der Waals surface area contributed by atoms with Crippen LogP contribution in [0.4, 0.5) is 4.79 Å². The molecule has 18 heteroatoms. The highest BCUT2D eigenvalue weighted by Gasteiger charge is 2.62. The minimum absolute atomic E-state index is 0.0193. The molecule has 5 atom stereocenters. The molecule has 4 heterocycles. The number of nitrogens with zero attached hydrogens (tertiary/aromatic N) is 5. The van der Waals surface area contributed by atoms with Gasteiger partial charge in [0.05, 0.1) is 17.8 Å². The van der Waals surface area contributed by atoms with Crippen molar-refractivity contribution in [1.82, 2.24) is 39.1 Å². The number of hydrogen-bond donors (Lipinski definition) is 3. The van der Waals surface area contributed by atoms with E-state index < -0.39 is 69.3 Å². The number of fused-ring (bicyclic) bond motifs is 3. The Morgan fingerprint density at radius 3 is 2.49 bits per heavy atom. The molecular weight excluding hydrogens is 845 g/mol. The van der Waals surface area contributed by atoms with Gasteiger partial charge in [0.25, 0.3) is 11.9 Å². The van der Waals surface area contributed by atoms with Crippen LogP contribution >= 0.6 is 11.3 Å². The maximum atomic E-state index is 14.7. The summed E-state index contributed by atoms with van der Waals surface area (Å²) in [5.74, 6) is -2.51. The topological polar surface area (TPSA) is 194 Å². The number of allylic oxidation sites excluding steroid dienone is 1. The number of thiazole rings is 1. The maximum absolute atomic E-state index is 14.7. The molecule has 3 N–H and O–H groups in total. The number of aryl methyl sites for hydroxylation is 1. The third-order valence-corrected chi connectivity index (χ3v) is 13.9. The number of para-hydroxylation sites is 1. The lowest BCUT2D eigenvalue weighted by Crippen LogP contribution is -2.58. The van der Waals surface area contributed by atoms with Crippen molar-refractivity contribution in [3.05, 3.63) is 65.6 Å². The highest BCUT2D eigenvalue weighted by Crippen LogP contribution is 2.46. The lowest BCUT2D eigenvalue weighted by molar-refractivity contribution is -0.141. The Morgan fingerprint density at radius 1 is 1.05 bits per heavy atom. The lowest BCUT2D eigenvalue weighted by atomic mass is 10.0. The minimum atomic E-state index is -4.19. The highest BCUT2D eigenvalue weighted by atomic mass is 32.2. The predicted molar refractivity (Wildman–Crippen MR) is 241 cm³/mol. The van der Waals surface area contributed by atoms with Crippen LogP contribution in [0.25, 0.3) is 32.9 Å². The van der Waals surface area contributed by atoms with Gasteiger partial charge in [0.2, 0.25) is 11.8 Å². The summed E-state index contributed by atoms with van der Waals surface area (Å²) in [5, 5.41) is 8.47. The van der Waals surface area contributed by atoms with Crippen LogP contribution in [0.2, 0.25) is 0 Å². The fourth-order valence-electron chi connectivity index (χ4n) is 8.17. The first-order valence-electron chi connectivity index (χ1n) is 21.5. The van der Waals surface area contributed by atoms with Gasteiger partial charge in [-0.1, -0.05) is 60.9 Å². The molecule has 338 valence electrons. The van der Waals surface area contributed by atoms with Gasteiger partial charge in [-0.25, -0.2) is 14.5 Å².